The number of carbonyl (C=O) groups is 2. The predicted octanol–water partition coefficient (Wildman–Crippen LogP) is 2.19. The Bertz CT molecular complexity index is 758. The van der Waals surface area contributed by atoms with Crippen molar-refractivity contribution in [3.63, 3.8) is 0 Å². The van der Waals surface area contributed by atoms with E-state index in [9.17, 15) is 9.59 Å². The Labute approximate surface area is 160 Å². The Morgan fingerprint density at radius 1 is 1.23 bits per heavy atom. The van der Waals surface area contributed by atoms with Gasteiger partial charge in [-0.05, 0) is 19.1 Å². The molecule has 1 saturated heterocycles. The van der Waals surface area contributed by atoms with E-state index >= 15 is 0 Å². The second-order valence-electron chi connectivity index (χ2n) is 5.81. The summed E-state index contributed by atoms with van der Waals surface area (Å²) in [5.74, 6) is 0.794. The summed E-state index contributed by atoms with van der Waals surface area (Å²) in [6.07, 6.45) is 0. The third-order valence-corrected chi connectivity index (χ3v) is 5.82. The summed E-state index contributed by atoms with van der Waals surface area (Å²) >= 11 is 2.73. The first-order valence-corrected chi connectivity index (χ1v) is 10.2. The van der Waals surface area contributed by atoms with Crippen LogP contribution in [0, 0.1) is 6.92 Å². The Kier molecular flexibility index (Phi) is 6.59. The average molecular weight is 393 g/mol. The van der Waals surface area contributed by atoms with Crippen molar-refractivity contribution in [1.29, 1.82) is 0 Å². The van der Waals surface area contributed by atoms with Crippen molar-refractivity contribution >= 4 is 40.6 Å². The molecule has 2 aromatic rings. The molecule has 0 radical (unpaired) electrons. The van der Waals surface area contributed by atoms with E-state index in [1.165, 1.54) is 23.1 Å². The first-order valence-electron chi connectivity index (χ1n) is 8.25. The lowest BCUT2D eigenvalue weighted by molar-refractivity contribution is -0.132. The van der Waals surface area contributed by atoms with Crippen LogP contribution < -0.4 is 5.32 Å². The molecule has 0 saturated carbocycles. The quantitative estimate of drug-likeness (QED) is 0.811. The monoisotopic (exact) mass is 392 g/mol. The second kappa shape index (κ2) is 9.11. The lowest BCUT2D eigenvalue weighted by Crippen LogP contribution is -2.41. The van der Waals surface area contributed by atoms with Gasteiger partial charge in [-0.2, -0.15) is 0 Å². The highest BCUT2D eigenvalue weighted by atomic mass is 32.2. The molecular weight excluding hydrogens is 372 g/mol. The SMILES string of the molecule is Cc1ccc(NC(=O)c2nnc(CSCC(=O)N3CCOCC3)s2)cc1. The van der Waals surface area contributed by atoms with Crippen molar-refractivity contribution in [2.45, 2.75) is 12.7 Å². The molecule has 1 aliphatic heterocycles. The lowest BCUT2D eigenvalue weighted by Gasteiger charge is -2.26. The molecule has 0 bridgehead atoms. The number of aryl methyl sites for hydroxylation is 1. The maximum absolute atomic E-state index is 12.2. The van der Waals surface area contributed by atoms with Crippen LogP contribution in [0.25, 0.3) is 0 Å². The van der Waals surface area contributed by atoms with E-state index in [0.29, 0.717) is 42.8 Å². The number of nitrogens with zero attached hydrogens (tertiary/aromatic N) is 3. The van der Waals surface area contributed by atoms with Crippen molar-refractivity contribution in [2.24, 2.45) is 0 Å². The summed E-state index contributed by atoms with van der Waals surface area (Å²) in [5.41, 5.74) is 1.85. The van der Waals surface area contributed by atoms with Crippen LogP contribution in [-0.2, 0) is 15.3 Å². The zero-order chi connectivity index (χ0) is 18.4. The standard InChI is InChI=1S/C17H20N4O3S2/c1-12-2-4-13(5-3-12)18-16(23)17-20-19-14(26-17)10-25-11-15(22)21-6-8-24-9-7-21/h2-5H,6-11H2,1H3,(H,18,23). The first kappa shape index (κ1) is 18.8. The molecule has 9 heteroatoms. The van der Waals surface area contributed by atoms with Crippen molar-refractivity contribution in [3.8, 4) is 0 Å². The highest BCUT2D eigenvalue weighted by Gasteiger charge is 2.17. The first-order chi connectivity index (χ1) is 12.6. The van der Waals surface area contributed by atoms with Crippen LogP contribution in [0.5, 0.6) is 0 Å². The van der Waals surface area contributed by atoms with Gasteiger partial charge in [0.05, 0.1) is 19.0 Å². The molecule has 1 fully saturated rings. The van der Waals surface area contributed by atoms with Gasteiger partial charge >= 0.3 is 0 Å². The molecule has 0 spiro atoms. The largest absolute Gasteiger partial charge is 0.378 e. The van der Waals surface area contributed by atoms with Crippen molar-refractivity contribution < 1.29 is 14.3 Å². The topological polar surface area (TPSA) is 84.4 Å². The van der Waals surface area contributed by atoms with Gasteiger partial charge in [-0.3, -0.25) is 9.59 Å². The van der Waals surface area contributed by atoms with Gasteiger partial charge in [0.25, 0.3) is 5.91 Å². The fourth-order valence-corrected chi connectivity index (χ4v) is 4.06. The molecule has 0 aliphatic carbocycles. The number of rotatable bonds is 6. The summed E-state index contributed by atoms with van der Waals surface area (Å²) in [6, 6.07) is 7.57. The molecule has 2 heterocycles. The molecule has 3 rings (SSSR count). The van der Waals surface area contributed by atoms with Crippen LogP contribution in [0.2, 0.25) is 0 Å². The van der Waals surface area contributed by atoms with E-state index in [1.807, 2.05) is 36.1 Å². The minimum Gasteiger partial charge on any atom is -0.378 e. The fourth-order valence-electron chi connectivity index (χ4n) is 2.35. The molecule has 2 amide bonds. The number of thioether (sulfide) groups is 1. The van der Waals surface area contributed by atoms with E-state index in [4.69, 9.17) is 4.74 Å². The van der Waals surface area contributed by atoms with Crippen LogP contribution in [0.15, 0.2) is 24.3 Å². The van der Waals surface area contributed by atoms with Crippen LogP contribution in [0.1, 0.15) is 20.4 Å². The second-order valence-corrected chi connectivity index (χ2v) is 7.85. The highest BCUT2D eigenvalue weighted by molar-refractivity contribution is 7.99. The molecule has 1 aliphatic rings. The summed E-state index contributed by atoms with van der Waals surface area (Å²) in [5, 5.41) is 11.9. The Morgan fingerprint density at radius 3 is 2.69 bits per heavy atom. The third-order valence-electron chi connectivity index (χ3n) is 3.79. The number of ether oxygens (including phenoxy) is 1. The summed E-state index contributed by atoms with van der Waals surface area (Å²) < 4.78 is 5.24. The van der Waals surface area contributed by atoms with Gasteiger partial charge in [0.1, 0.15) is 5.01 Å². The number of anilines is 1. The lowest BCUT2D eigenvalue weighted by atomic mass is 10.2. The Balaban J connectivity index is 1.45. The maximum Gasteiger partial charge on any atom is 0.286 e. The number of aromatic nitrogens is 2. The summed E-state index contributed by atoms with van der Waals surface area (Å²) in [6.45, 7) is 4.51. The Morgan fingerprint density at radius 2 is 1.96 bits per heavy atom. The molecule has 7 nitrogen and oxygen atoms in total. The van der Waals surface area contributed by atoms with Gasteiger partial charge in [-0.1, -0.05) is 29.0 Å². The zero-order valence-corrected chi connectivity index (χ0v) is 16.1. The number of benzene rings is 1. The maximum atomic E-state index is 12.2. The molecule has 26 heavy (non-hydrogen) atoms. The van der Waals surface area contributed by atoms with Gasteiger partial charge in [0.15, 0.2) is 0 Å². The van der Waals surface area contributed by atoms with Crippen LogP contribution >= 0.6 is 23.1 Å². The predicted molar refractivity (Wildman–Crippen MR) is 103 cm³/mol. The van der Waals surface area contributed by atoms with Crippen LogP contribution in [0.4, 0.5) is 5.69 Å². The van der Waals surface area contributed by atoms with Crippen LogP contribution in [0.3, 0.4) is 0 Å². The molecule has 1 aromatic carbocycles. The summed E-state index contributed by atoms with van der Waals surface area (Å²) in [7, 11) is 0. The number of hydrogen-bond acceptors (Lipinski definition) is 7. The van der Waals surface area contributed by atoms with E-state index in [1.54, 1.807) is 0 Å². The van der Waals surface area contributed by atoms with Gasteiger partial charge in [0, 0.05) is 24.5 Å². The molecule has 1 aromatic heterocycles. The van der Waals surface area contributed by atoms with Gasteiger partial charge in [-0.25, -0.2) is 0 Å². The van der Waals surface area contributed by atoms with Gasteiger partial charge in [0.2, 0.25) is 10.9 Å². The smallest absolute Gasteiger partial charge is 0.286 e. The summed E-state index contributed by atoms with van der Waals surface area (Å²) in [4.78, 5) is 26.1. The number of morpholine rings is 1. The number of carbonyl (C=O) groups excluding carboxylic acids is 2. The zero-order valence-electron chi connectivity index (χ0n) is 14.4. The molecule has 138 valence electrons. The fraction of sp³-hybridized carbons (Fsp3) is 0.412. The Hall–Kier alpha value is -1.97. The number of nitrogens with one attached hydrogen (secondary N) is 1. The minimum atomic E-state index is -0.271. The molecule has 0 atom stereocenters. The number of hydrogen-bond donors (Lipinski definition) is 1. The molecule has 0 unspecified atom stereocenters. The number of amides is 2. The third kappa shape index (κ3) is 5.26. The van der Waals surface area contributed by atoms with E-state index in [-0.39, 0.29) is 11.8 Å². The molecular formula is C17H20N4O3S2. The molecule has 1 N–H and O–H groups in total. The van der Waals surface area contributed by atoms with Crippen molar-refractivity contribution in [1.82, 2.24) is 15.1 Å². The van der Waals surface area contributed by atoms with Crippen LogP contribution in [-0.4, -0.2) is 59.0 Å². The van der Waals surface area contributed by atoms with Crippen molar-refractivity contribution in [3.05, 3.63) is 39.8 Å². The average Bonchev–Trinajstić information content (AvgIpc) is 3.13. The van der Waals surface area contributed by atoms with Gasteiger partial charge < -0.3 is 15.0 Å². The van der Waals surface area contributed by atoms with E-state index < -0.39 is 0 Å². The van der Waals surface area contributed by atoms with Gasteiger partial charge in [-0.15, -0.1) is 22.0 Å². The normalized spacial score (nSPS) is 14.3. The highest BCUT2D eigenvalue weighted by Crippen LogP contribution is 2.19. The minimum absolute atomic E-state index is 0.111. The van der Waals surface area contributed by atoms with Crippen molar-refractivity contribution in [2.75, 3.05) is 37.4 Å². The van der Waals surface area contributed by atoms with E-state index in [2.05, 4.69) is 15.5 Å². The van der Waals surface area contributed by atoms with E-state index in [0.717, 1.165) is 16.3 Å².